The van der Waals surface area contributed by atoms with E-state index in [1.807, 2.05) is 6.07 Å². The first-order chi connectivity index (χ1) is 8.83. The standard InChI is InChI=1S/C15H18N2O/c1-11(16-10-15-7-8-17-18-15)13-6-5-12-3-2-4-14(12)9-13/h5-9,11,16H,2-4,10H2,1H3. The molecule has 0 fully saturated rings. The first-order valence-corrected chi connectivity index (χ1v) is 6.57. The largest absolute Gasteiger partial charge is 0.360 e. The minimum atomic E-state index is 0.334. The number of benzene rings is 1. The van der Waals surface area contributed by atoms with E-state index in [1.165, 1.54) is 36.0 Å². The molecule has 3 rings (SSSR count). The Hall–Kier alpha value is -1.61. The monoisotopic (exact) mass is 242 g/mol. The maximum atomic E-state index is 5.08. The first kappa shape index (κ1) is 11.5. The van der Waals surface area contributed by atoms with Crippen molar-refractivity contribution in [2.24, 2.45) is 0 Å². The first-order valence-electron chi connectivity index (χ1n) is 6.57. The maximum Gasteiger partial charge on any atom is 0.150 e. The summed E-state index contributed by atoms with van der Waals surface area (Å²) in [4.78, 5) is 0. The summed E-state index contributed by atoms with van der Waals surface area (Å²) in [7, 11) is 0. The second-order valence-electron chi connectivity index (χ2n) is 4.96. The number of nitrogens with zero attached hydrogens (tertiary/aromatic N) is 1. The molecule has 1 N–H and O–H groups in total. The van der Waals surface area contributed by atoms with Gasteiger partial charge in [0.25, 0.3) is 0 Å². The second-order valence-corrected chi connectivity index (χ2v) is 4.96. The molecule has 18 heavy (non-hydrogen) atoms. The average molecular weight is 242 g/mol. The summed E-state index contributed by atoms with van der Waals surface area (Å²) >= 11 is 0. The summed E-state index contributed by atoms with van der Waals surface area (Å²) < 4.78 is 5.08. The molecule has 1 heterocycles. The van der Waals surface area contributed by atoms with Crippen molar-refractivity contribution >= 4 is 0 Å². The van der Waals surface area contributed by atoms with Gasteiger partial charge in [0.1, 0.15) is 5.76 Å². The summed E-state index contributed by atoms with van der Waals surface area (Å²) in [5.74, 6) is 0.878. The van der Waals surface area contributed by atoms with Crippen LogP contribution in [0.2, 0.25) is 0 Å². The zero-order valence-electron chi connectivity index (χ0n) is 10.6. The highest BCUT2D eigenvalue weighted by molar-refractivity contribution is 5.36. The summed E-state index contributed by atoms with van der Waals surface area (Å²) in [6.45, 7) is 2.91. The molecule has 0 radical (unpaired) electrons. The number of aromatic nitrogens is 1. The van der Waals surface area contributed by atoms with Crippen LogP contribution in [0.5, 0.6) is 0 Å². The van der Waals surface area contributed by atoms with Crippen molar-refractivity contribution in [3.8, 4) is 0 Å². The minimum absolute atomic E-state index is 0.334. The number of hydrogen-bond acceptors (Lipinski definition) is 3. The number of hydrogen-bond donors (Lipinski definition) is 1. The van der Waals surface area contributed by atoms with Crippen molar-refractivity contribution in [2.75, 3.05) is 0 Å². The lowest BCUT2D eigenvalue weighted by Gasteiger charge is -2.14. The highest BCUT2D eigenvalue weighted by Gasteiger charge is 2.13. The molecule has 0 saturated carbocycles. The number of fused-ring (bicyclic) bond motifs is 1. The Morgan fingerprint density at radius 1 is 1.28 bits per heavy atom. The van der Waals surface area contributed by atoms with Crippen LogP contribution in [0.25, 0.3) is 0 Å². The lowest BCUT2D eigenvalue weighted by atomic mass is 10.0. The Morgan fingerprint density at radius 2 is 2.17 bits per heavy atom. The van der Waals surface area contributed by atoms with E-state index in [0.29, 0.717) is 6.04 Å². The van der Waals surface area contributed by atoms with E-state index in [2.05, 4.69) is 35.6 Å². The van der Waals surface area contributed by atoms with Crippen molar-refractivity contribution in [3.63, 3.8) is 0 Å². The fourth-order valence-corrected chi connectivity index (χ4v) is 2.57. The molecular formula is C15H18N2O. The van der Waals surface area contributed by atoms with Crippen molar-refractivity contribution in [3.05, 3.63) is 52.9 Å². The molecule has 94 valence electrons. The summed E-state index contributed by atoms with van der Waals surface area (Å²) in [6, 6.07) is 9.09. The summed E-state index contributed by atoms with van der Waals surface area (Å²) in [6.07, 6.45) is 5.46. The van der Waals surface area contributed by atoms with Gasteiger partial charge in [-0.1, -0.05) is 23.4 Å². The minimum Gasteiger partial charge on any atom is -0.360 e. The van der Waals surface area contributed by atoms with Crippen LogP contribution < -0.4 is 5.32 Å². The van der Waals surface area contributed by atoms with Crippen LogP contribution in [0.4, 0.5) is 0 Å². The molecule has 0 amide bonds. The molecule has 1 aromatic heterocycles. The molecule has 1 aromatic carbocycles. The Bertz CT molecular complexity index is 519. The van der Waals surface area contributed by atoms with Gasteiger partial charge in [-0.3, -0.25) is 0 Å². The van der Waals surface area contributed by atoms with Crippen molar-refractivity contribution < 1.29 is 4.52 Å². The zero-order valence-corrected chi connectivity index (χ0v) is 10.6. The smallest absolute Gasteiger partial charge is 0.150 e. The zero-order chi connectivity index (χ0) is 12.4. The predicted octanol–water partition coefficient (Wildman–Crippen LogP) is 3.01. The Morgan fingerprint density at radius 3 is 3.00 bits per heavy atom. The molecule has 1 aliphatic rings. The molecule has 3 nitrogen and oxygen atoms in total. The van der Waals surface area contributed by atoms with Crippen LogP contribution in [0.3, 0.4) is 0 Å². The molecule has 1 unspecified atom stereocenters. The third kappa shape index (κ3) is 2.31. The van der Waals surface area contributed by atoms with E-state index in [9.17, 15) is 0 Å². The fourth-order valence-electron chi connectivity index (χ4n) is 2.57. The van der Waals surface area contributed by atoms with Gasteiger partial charge in [0.15, 0.2) is 0 Å². The maximum absolute atomic E-state index is 5.08. The van der Waals surface area contributed by atoms with Gasteiger partial charge in [-0.15, -0.1) is 0 Å². The number of nitrogens with one attached hydrogen (secondary N) is 1. The molecule has 3 heteroatoms. The highest BCUT2D eigenvalue weighted by atomic mass is 16.5. The topological polar surface area (TPSA) is 38.1 Å². The van der Waals surface area contributed by atoms with Gasteiger partial charge in [0.2, 0.25) is 0 Å². The van der Waals surface area contributed by atoms with Gasteiger partial charge in [0, 0.05) is 12.1 Å². The van der Waals surface area contributed by atoms with Crippen LogP contribution in [0.15, 0.2) is 35.0 Å². The Kier molecular flexibility index (Phi) is 3.15. The Balaban J connectivity index is 1.67. The van der Waals surface area contributed by atoms with Crippen molar-refractivity contribution in [2.45, 2.75) is 38.8 Å². The SMILES string of the molecule is CC(NCc1ccno1)c1ccc2c(c1)CCC2. The molecule has 0 spiro atoms. The molecule has 0 bridgehead atoms. The summed E-state index contributed by atoms with van der Waals surface area (Å²) in [5, 5.41) is 7.16. The van der Waals surface area contributed by atoms with Gasteiger partial charge in [-0.25, -0.2) is 0 Å². The van der Waals surface area contributed by atoms with Gasteiger partial charge in [-0.05, 0) is 42.9 Å². The van der Waals surface area contributed by atoms with E-state index in [1.54, 1.807) is 6.20 Å². The van der Waals surface area contributed by atoms with Gasteiger partial charge >= 0.3 is 0 Å². The third-order valence-electron chi connectivity index (χ3n) is 3.70. The lowest BCUT2D eigenvalue weighted by molar-refractivity contribution is 0.366. The fraction of sp³-hybridized carbons (Fsp3) is 0.400. The van der Waals surface area contributed by atoms with E-state index in [4.69, 9.17) is 4.52 Å². The quantitative estimate of drug-likeness (QED) is 0.895. The van der Waals surface area contributed by atoms with Gasteiger partial charge in [0.05, 0.1) is 12.7 Å². The molecule has 0 saturated heterocycles. The van der Waals surface area contributed by atoms with E-state index in [0.717, 1.165) is 12.3 Å². The van der Waals surface area contributed by atoms with Gasteiger partial charge < -0.3 is 9.84 Å². The normalized spacial score (nSPS) is 15.6. The second kappa shape index (κ2) is 4.94. The average Bonchev–Trinajstić information content (AvgIpc) is 3.05. The third-order valence-corrected chi connectivity index (χ3v) is 3.70. The molecule has 1 atom stereocenters. The van der Waals surface area contributed by atoms with E-state index in [-0.39, 0.29) is 0 Å². The molecule has 0 aliphatic heterocycles. The van der Waals surface area contributed by atoms with Crippen LogP contribution in [0.1, 0.15) is 41.8 Å². The van der Waals surface area contributed by atoms with Crippen molar-refractivity contribution in [1.29, 1.82) is 0 Å². The van der Waals surface area contributed by atoms with Crippen molar-refractivity contribution in [1.82, 2.24) is 10.5 Å². The number of aryl methyl sites for hydroxylation is 2. The van der Waals surface area contributed by atoms with E-state index < -0.39 is 0 Å². The molecule has 1 aliphatic carbocycles. The van der Waals surface area contributed by atoms with Crippen LogP contribution >= 0.6 is 0 Å². The lowest BCUT2D eigenvalue weighted by Crippen LogP contribution is -2.17. The molecular weight excluding hydrogens is 224 g/mol. The van der Waals surface area contributed by atoms with Crippen LogP contribution in [0, 0.1) is 0 Å². The summed E-state index contributed by atoms with van der Waals surface area (Å²) in [5.41, 5.74) is 4.41. The predicted molar refractivity (Wildman–Crippen MR) is 70.2 cm³/mol. The highest BCUT2D eigenvalue weighted by Crippen LogP contribution is 2.25. The van der Waals surface area contributed by atoms with E-state index >= 15 is 0 Å². The Labute approximate surface area is 107 Å². The van der Waals surface area contributed by atoms with Gasteiger partial charge in [-0.2, -0.15) is 0 Å². The number of rotatable bonds is 4. The van der Waals surface area contributed by atoms with Crippen LogP contribution in [-0.4, -0.2) is 5.16 Å². The van der Waals surface area contributed by atoms with Crippen LogP contribution in [-0.2, 0) is 19.4 Å². The molecule has 2 aromatic rings.